The lowest BCUT2D eigenvalue weighted by Gasteiger charge is -2.15. The van der Waals surface area contributed by atoms with Crippen LogP contribution in [-0.4, -0.2) is 30.6 Å². The second-order valence-corrected chi connectivity index (χ2v) is 6.60. The van der Waals surface area contributed by atoms with Crippen LogP contribution in [0.1, 0.15) is 31.4 Å². The SMILES string of the molecule is CNC(C)c1cccc(NC(=O)NCC2(SC)CC2)c1. The monoisotopic (exact) mass is 293 g/mol. The van der Waals surface area contributed by atoms with Crippen LogP contribution in [0.5, 0.6) is 0 Å². The molecule has 3 N–H and O–H groups in total. The van der Waals surface area contributed by atoms with E-state index >= 15 is 0 Å². The van der Waals surface area contributed by atoms with Gasteiger partial charge in [0.05, 0.1) is 0 Å². The first kappa shape index (κ1) is 15.2. The average Bonchev–Trinajstić information content (AvgIpc) is 3.25. The van der Waals surface area contributed by atoms with Crippen LogP contribution >= 0.6 is 11.8 Å². The molecule has 0 spiro atoms. The molecule has 1 aromatic carbocycles. The fourth-order valence-electron chi connectivity index (χ4n) is 2.06. The minimum atomic E-state index is -0.125. The highest BCUT2D eigenvalue weighted by atomic mass is 32.2. The summed E-state index contributed by atoms with van der Waals surface area (Å²) in [7, 11) is 1.93. The third-order valence-electron chi connectivity index (χ3n) is 3.89. The summed E-state index contributed by atoms with van der Waals surface area (Å²) in [5.74, 6) is 0. The number of nitrogens with one attached hydrogen (secondary N) is 3. The van der Waals surface area contributed by atoms with Gasteiger partial charge in [-0.1, -0.05) is 12.1 Å². The van der Waals surface area contributed by atoms with E-state index in [-0.39, 0.29) is 12.1 Å². The van der Waals surface area contributed by atoms with Gasteiger partial charge in [0.1, 0.15) is 0 Å². The van der Waals surface area contributed by atoms with Crippen LogP contribution in [0.2, 0.25) is 0 Å². The molecule has 5 heteroatoms. The lowest BCUT2D eigenvalue weighted by atomic mass is 10.1. The van der Waals surface area contributed by atoms with Crippen molar-refractivity contribution in [3.05, 3.63) is 29.8 Å². The molecule has 1 atom stereocenters. The van der Waals surface area contributed by atoms with E-state index in [1.807, 2.05) is 37.0 Å². The Hall–Kier alpha value is -1.20. The Kier molecular flexibility index (Phi) is 4.94. The molecule has 4 nitrogen and oxygen atoms in total. The Morgan fingerprint density at radius 2 is 2.20 bits per heavy atom. The number of hydrogen-bond acceptors (Lipinski definition) is 3. The molecule has 0 aromatic heterocycles. The summed E-state index contributed by atoms with van der Waals surface area (Å²) in [6.07, 6.45) is 4.50. The van der Waals surface area contributed by atoms with Gasteiger partial charge in [-0.25, -0.2) is 4.79 Å². The summed E-state index contributed by atoms with van der Waals surface area (Å²) in [6.45, 7) is 2.83. The highest BCUT2D eigenvalue weighted by Gasteiger charge is 2.41. The maximum absolute atomic E-state index is 11.9. The second-order valence-electron chi connectivity index (χ2n) is 5.33. The molecule has 0 radical (unpaired) electrons. The Labute approximate surface area is 125 Å². The molecule has 2 amide bonds. The van der Waals surface area contributed by atoms with E-state index in [2.05, 4.69) is 35.2 Å². The van der Waals surface area contributed by atoms with Crippen molar-refractivity contribution in [3.63, 3.8) is 0 Å². The molecule has 1 saturated carbocycles. The zero-order valence-corrected chi connectivity index (χ0v) is 13.1. The van der Waals surface area contributed by atoms with Crippen molar-refractivity contribution >= 4 is 23.5 Å². The van der Waals surface area contributed by atoms with Crippen LogP contribution in [0, 0.1) is 0 Å². The molecule has 2 rings (SSSR count). The van der Waals surface area contributed by atoms with Gasteiger partial charge in [-0.3, -0.25) is 0 Å². The Morgan fingerprint density at radius 3 is 2.80 bits per heavy atom. The highest BCUT2D eigenvalue weighted by Crippen LogP contribution is 2.46. The van der Waals surface area contributed by atoms with Gasteiger partial charge in [0.2, 0.25) is 0 Å². The van der Waals surface area contributed by atoms with E-state index in [4.69, 9.17) is 0 Å². The Morgan fingerprint density at radius 1 is 1.45 bits per heavy atom. The predicted molar refractivity (Wildman–Crippen MR) is 86.4 cm³/mol. The van der Waals surface area contributed by atoms with Crippen molar-refractivity contribution in [2.75, 3.05) is 25.2 Å². The van der Waals surface area contributed by atoms with E-state index in [1.54, 1.807) is 0 Å². The summed E-state index contributed by atoms with van der Waals surface area (Å²) in [4.78, 5) is 11.9. The van der Waals surface area contributed by atoms with Crippen LogP contribution in [0.25, 0.3) is 0 Å². The number of urea groups is 1. The van der Waals surface area contributed by atoms with Crippen molar-refractivity contribution in [3.8, 4) is 0 Å². The van der Waals surface area contributed by atoms with E-state index < -0.39 is 0 Å². The van der Waals surface area contributed by atoms with Crippen LogP contribution in [0.3, 0.4) is 0 Å². The molecule has 1 aliphatic carbocycles. The van der Waals surface area contributed by atoms with Crippen molar-refractivity contribution in [2.45, 2.75) is 30.6 Å². The van der Waals surface area contributed by atoms with Crippen molar-refractivity contribution < 1.29 is 4.79 Å². The highest BCUT2D eigenvalue weighted by molar-refractivity contribution is 8.00. The van der Waals surface area contributed by atoms with Crippen LogP contribution in [-0.2, 0) is 0 Å². The first-order valence-corrected chi connectivity index (χ1v) is 8.18. The molecular weight excluding hydrogens is 270 g/mol. The first-order chi connectivity index (χ1) is 9.58. The van der Waals surface area contributed by atoms with Gasteiger partial charge in [0, 0.05) is 23.0 Å². The standard InChI is InChI=1S/C15H23N3OS/c1-11(16-2)12-5-4-6-13(9-12)18-14(19)17-10-15(20-3)7-8-15/h4-6,9,11,16H,7-8,10H2,1-3H3,(H2,17,18,19). The van der Waals surface area contributed by atoms with Crippen LogP contribution in [0.15, 0.2) is 24.3 Å². The maximum Gasteiger partial charge on any atom is 0.319 e. The molecule has 1 fully saturated rings. The number of carbonyl (C=O) groups excluding carboxylic acids is 1. The number of carbonyl (C=O) groups is 1. The fraction of sp³-hybridized carbons (Fsp3) is 0.533. The molecule has 1 unspecified atom stereocenters. The molecular formula is C15H23N3OS. The van der Waals surface area contributed by atoms with Crippen molar-refractivity contribution in [2.24, 2.45) is 0 Å². The predicted octanol–water partition coefficient (Wildman–Crippen LogP) is 2.98. The topological polar surface area (TPSA) is 53.2 Å². The largest absolute Gasteiger partial charge is 0.336 e. The molecule has 110 valence electrons. The van der Waals surface area contributed by atoms with E-state index in [0.717, 1.165) is 17.8 Å². The van der Waals surface area contributed by atoms with Crippen molar-refractivity contribution in [1.82, 2.24) is 10.6 Å². The number of rotatable bonds is 6. The van der Waals surface area contributed by atoms with Gasteiger partial charge in [-0.05, 0) is 50.8 Å². The number of thioether (sulfide) groups is 1. The third kappa shape index (κ3) is 3.90. The second kappa shape index (κ2) is 6.50. The number of benzene rings is 1. The lowest BCUT2D eigenvalue weighted by Crippen LogP contribution is -2.35. The van der Waals surface area contributed by atoms with Crippen LogP contribution in [0.4, 0.5) is 10.5 Å². The van der Waals surface area contributed by atoms with Gasteiger partial charge in [0.25, 0.3) is 0 Å². The molecule has 0 heterocycles. The fourth-order valence-corrected chi connectivity index (χ4v) is 2.79. The van der Waals surface area contributed by atoms with Gasteiger partial charge in [-0.15, -0.1) is 0 Å². The molecule has 0 bridgehead atoms. The summed E-state index contributed by atoms with van der Waals surface area (Å²) in [5, 5.41) is 9.05. The average molecular weight is 293 g/mol. The Balaban J connectivity index is 1.87. The molecule has 1 aromatic rings. The van der Waals surface area contributed by atoms with E-state index in [9.17, 15) is 4.79 Å². The van der Waals surface area contributed by atoms with Crippen molar-refractivity contribution in [1.29, 1.82) is 0 Å². The number of amides is 2. The Bertz CT molecular complexity index is 474. The maximum atomic E-state index is 11.9. The normalized spacial score (nSPS) is 17.4. The molecule has 20 heavy (non-hydrogen) atoms. The van der Waals surface area contributed by atoms with Gasteiger partial charge >= 0.3 is 6.03 Å². The first-order valence-electron chi connectivity index (χ1n) is 6.96. The molecule has 1 aliphatic rings. The molecule has 0 saturated heterocycles. The summed E-state index contributed by atoms with van der Waals surface area (Å²) in [5.41, 5.74) is 1.99. The van der Waals surface area contributed by atoms with Crippen LogP contribution < -0.4 is 16.0 Å². The lowest BCUT2D eigenvalue weighted by molar-refractivity contribution is 0.252. The summed E-state index contributed by atoms with van der Waals surface area (Å²) < 4.78 is 0.292. The zero-order valence-electron chi connectivity index (χ0n) is 12.3. The minimum Gasteiger partial charge on any atom is -0.336 e. The summed E-state index contributed by atoms with van der Waals surface area (Å²) in [6, 6.07) is 8.07. The van der Waals surface area contributed by atoms with Gasteiger partial charge < -0.3 is 16.0 Å². The number of anilines is 1. The van der Waals surface area contributed by atoms with Gasteiger partial charge in [-0.2, -0.15) is 11.8 Å². The summed E-state index contributed by atoms with van der Waals surface area (Å²) >= 11 is 1.85. The van der Waals surface area contributed by atoms with E-state index in [1.165, 1.54) is 12.8 Å². The molecule has 0 aliphatic heterocycles. The zero-order chi connectivity index (χ0) is 14.6. The quantitative estimate of drug-likeness (QED) is 0.756. The van der Waals surface area contributed by atoms with E-state index in [0.29, 0.717) is 4.75 Å². The smallest absolute Gasteiger partial charge is 0.319 e. The third-order valence-corrected chi connectivity index (χ3v) is 5.31. The number of hydrogen-bond donors (Lipinski definition) is 3. The van der Waals surface area contributed by atoms with Gasteiger partial charge in [0.15, 0.2) is 0 Å². The minimum absolute atomic E-state index is 0.125.